The lowest BCUT2D eigenvalue weighted by atomic mass is 10.1. The number of carbonyl (C=O) groups excluding carboxylic acids is 1. The van der Waals surface area contributed by atoms with Crippen LogP contribution in [0.4, 0.5) is 5.13 Å². The molecule has 10 heteroatoms. The zero-order valence-electron chi connectivity index (χ0n) is 19.2. The average molecular weight is 531 g/mol. The van der Waals surface area contributed by atoms with Gasteiger partial charge < -0.3 is 9.26 Å². The second kappa shape index (κ2) is 10.6. The van der Waals surface area contributed by atoms with Gasteiger partial charge in [0.25, 0.3) is 5.91 Å². The van der Waals surface area contributed by atoms with Gasteiger partial charge >= 0.3 is 0 Å². The number of thiazole rings is 1. The van der Waals surface area contributed by atoms with Crippen molar-refractivity contribution in [2.75, 3.05) is 44.3 Å². The molecule has 0 bridgehead atoms. The molecule has 1 saturated heterocycles. The molecule has 1 aliphatic heterocycles. The van der Waals surface area contributed by atoms with Crippen molar-refractivity contribution < 1.29 is 14.1 Å². The number of para-hydroxylation sites is 1. The maximum atomic E-state index is 14.1. The highest BCUT2D eigenvalue weighted by Crippen LogP contribution is 2.36. The lowest BCUT2D eigenvalue weighted by Crippen LogP contribution is -2.39. The van der Waals surface area contributed by atoms with Crippen molar-refractivity contribution in [3.05, 3.63) is 63.8 Å². The summed E-state index contributed by atoms with van der Waals surface area (Å²) in [5, 5.41) is 5.84. The third kappa shape index (κ3) is 5.08. The molecule has 0 saturated carbocycles. The number of anilines is 1. The van der Waals surface area contributed by atoms with Gasteiger partial charge in [0.15, 0.2) is 5.13 Å². The SMILES string of the molecule is Cc1onc(-c2ccccc2Cl)c1C(=O)N(CCCN1CCOCC1)c1nc2c(Cl)cccc2s1. The van der Waals surface area contributed by atoms with E-state index in [4.69, 9.17) is 37.4 Å². The van der Waals surface area contributed by atoms with Gasteiger partial charge in [0.05, 0.1) is 28.0 Å². The summed E-state index contributed by atoms with van der Waals surface area (Å²) in [7, 11) is 0. The Morgan fingerprint density at radius 3 is 2.66 bits per heavy atom. The molecule has 5 rings (SSSR count). The smallest absolute Gasteiger partial charge is 0.265 e. The maximum Gasteiger partial charge on any atom is 0.265 e. The van der Waals surface area contributed by atoms with Crippen LogP contribution in [0.25, 0.3) is 21.5 Å². The Hall–Kier alpha value is -2.49. The summed E-state index contributed by atoms with van der Waals surface area (Å²) in [5.41, 5.74) is 2.15. The lowest BCUT2D eigenvalue weighted by Gasteiger charge is -2.27. The van der Waals surface area contributed by atoms with Gasteiger partial charge in [0, 0.05) is 31.7 Å². The Kier molecular flexibility index (Phi) is 7.36. The molecular formula is C25H24Cl2N4O3S. The van der Waals surface area contributed by atoms with Crippen LogP contribution in [0.1, 0.15) is 22.5 Å². The van der Waals surface area contributed by atoms with E-state index in [1.165, 1.54) is 11.3 Å². The maximum absolute atomic E-state index is 14.1. The second-order valence-electron chi connectivity index (χ2n) is 8.29. The molecule has 1 amide bonds. The molecule has 3 heterocycles. The van der Waals surface area contributed by atoms with Gasteiger partial charge in [-0.05, 0) is 31.5 Å². The number of fused-ring (bicyclic) bond motifs is 1. The van der Waals surface area contributed by atoms with E-state index >= 15 is 0 Å². The van der Waals surface area contributed by atoms with Crippen LogP contribution in [-0.4, -0.2) is 60.3 Å². The van der Waals surface area contributed by atoms with E-state index in [9.17, 15) is 4.79 Å². The summed E-state index contributed by atoms with van der Waals surface area (Å²) in [6.07, 6.45) is 0.779. The number of aryl methyl sites for hydroxylation is 1. The first-order chi connectivity index (χ1) is 17.0. The van der Waals surface area contributed by atoms with Crippen LogP contribution in [0.15, 0.2) is 47.0 Å². The monoisotopic (exact) mass is 530 g/mol. The predicted molar refractivity (Wildman–Crippen MR) is 140 cm³/mol. The number of nitrogens with zero attached hydrogens (tertiary/aromatic N) is 4. The number of morpholine rings is 1. The fourth-order valence-electron chi connectivity index (χ4n) is 4.18. The number of aromatic nitrogens is 2. The molecule has 2 aromatic carbocycles. The highest BCUT2D eigenvalue weighted by molar-refractivity contribution is 7.22. The van der Waals surface area contributed by atoms with E-state index < -0.39 is 0 Å². The van der Waals surface area contributed by atoms with Gasteiger partial charge in [0.2, 0.25) is 0 Å². The highest BCUT2D eigenvalue weighted by atomic mass is 35.5. The Morgan fingerprint density at radius 2 is 1.89 bits per heavy atom. The standard InChI is InChI=1S/C25H24Cl2N4O3S/c1-16-21(22(29-34-16)17-6-2-3-7-18(17)26)24(32)31(11-5-10-30-12-14-33-15-13-30)25-28-23-19(27)8-4-9-20(23)35-25/h2-4,6-9H,5,10-15H2,1H3. The first-order valence-corrected chi connectivity index (χ1v) is 13.0. The van der Waals surface area contributed by atoms with Crippen LogP contribution in [-0.2, 0) is 4.74 Å². The van der Waals surface area contributed by atoms with Crippen molar-refractivity contribution >= 4 is 55.8 Å². The van der Waals surface area contributed by atoms with Gasteiger partial charge in [-0.1, -0.05) is 64.0 Å². The van der Waals surface area contributed by atoms with Gasteiger partial charge in [-0.2, -0.15) is 0 Å². The number of rotatable bonds is 7. The number of ether oxygens (including phenoxy) is 1. The van der Waals surface area contributed by atoms with Crippen LogP contribution in [0.2, 0.25) is 10.0 Å². The van der Waals surface area contributed by atoms with Crippen LogP contribution in [0.5, 0.6) is 0 Å². The lowest BCUT2D eigenvalue weighted by molar-refractivity contribution is 0.0376. The Labute approximate surface area is 217 Å². The third-order valence-corrected chi connectivity index (χ3v) is 7.68. The Morgan fingerprint density at radius 1 is 1.11 bits per heavy atom. The normalized spacial score (nSPS) is 14.5. The molecule has 1 aliphatic rings. The van der Waals surface area contributed by atoms with Crippen molar-refractivity contribution in [3.8, 4) is 11.3 Å². The van der Waals surface area contributed by atoms with Crippen molar-refractivity contribution in [2.24, 2.45) is 0 Å². The minimum Gasteiger partial charge on any atom is -0.379 e. The van der Waals surface area contributed by atoms with E-state index in [1.54, 1.807) is 24.0 Å². The molecular weight excluding hydrogens is 507 g/mol. The van der Waals surface area contributed by atoms with Crippen molar-refractivity contribution in [1.29, 1.82) is 0 Å². The zero-order chi connectivity index (χ0) is 24.4. The molecule has 4 aromatic rings. The molecule has 2 aromatic heterocycles. The predicted octanol–water partition coefficient (Wildman–Crippen LogP) is 5.94. The molecule has 182 valence electrons. The minimum atomic E-state index is -0.226. The van der Waals surface area contributed by atoms with E-state index in [0.717, 1.165) is 44.0 Å². The number of benzene rings is 2. The van der Waals surface area contributed by atoms with Crippen LogP contribution >= 0.6 is 34.5 Å². The number of hydrogen-bond donors (Lipinski definition) is 0. The van der Waals surface area contributed by atoms with E-state index in [1.807, 2.05) is 30.3 Å². The molecule has 35 heavy (non-hydrogen) atoms. The summed E-state index contributed by atoms with van der Waals surface area (Å²) in [5.74, 6) is 0.207. The van der Waals surface area contributed by atoms with E-state index in [2.05, 4.69) is 10.1 Å². The quantitative estimate of drug-likeness (QED) is 0.294. The Bertz CT molecular complexity index is 1350. The second-order valence-corrected chi connectivity index (χ2v) is 10.1. The number of amides is 1. The number of hydrogen-bond acceptors (Lipinski definition) is 7. The van der Waals surface area contributed by atoms with E-state index in [0.29, 0.717) is 49.8 Å². The summed E-state index contributed by atoms with van der Waals surface area (Å²) in [6, 6.07) is 12.9. The number of halogens is 2. The van der Waals surface area contributed by atoms with Crippen molar-refractivity contribution in [1.82, 2.24) is 15.0 Å². The van der Waals surface area contributed by atoms with Gasteiger partial charge in [-0.15, -0.1) is 0 Å². The summed E-state index contributed by atoms with van der Waals surface area (Å²) in [6.45, 7) is 6.35. The third-order valence-electron chi connectivity index (χ3n) is 6.00. The zero-order valence-corrected chi connectivity index (χ0v) is 21.5. The van der Waals surface area contributed by atoms with Crippen LogP contribution in [0.3, 0.4) is 0 Å². The topological polar surface area (TPSA) is 71.7 Å². The summed E-state index contributed by atoms with van der Waals surface area (Å²) in [4.78, 5) is 22.9. The van der Waals surface area contributed by atoms with Crippen LogP contribution < -0.4 is 4.90 Å². The minimum absolute atomic E-state index is 0.226. The molecule has 0 spiro atoms. The van der Waals surface area contributed by atoms with Gasteiger partial charge in [0.1, 0.15) is 22.5 Å². The van der Waals surface area contributed by atoms with Crippen molar-refractivity contribution in [2.45, 2.75) is 13.3 Å². The fourth-order valence-corrected chi connectivity index (χ4v) is 5.69. The highest BCUT2D eigenvalue weighted by Gasteiger charge is 2.30. The molecule has 0 unspecified atom stereocenters. The molecule has 0 N–H and O–H groups in total. The molecule has 7 nitrogen and oxygen atoms in total. The average Bonchev–Trinajstić information content (AvgIpc) is 3.47. The largest absolute Gasteiger partial charge is 0.379 e. The van der Waals surface area contributed by atoms with Crippen molar-refractivity contribution in [3.63, 3.8) is 0 Å². The van der Waals surface area contributed by atoms with Crippen LogP contribution in [0, 0.1) is 6.92 Å². The number of carbonyl (C=O) groups is 1. The van der Waals surface area contributed by atoms with Gasteiger partial charge in [-0.3, -0.25) is 14.6 Å². The van der Waals surface area contributed by atoms with E-state index in [-0.39, 0.29) is 5.91 Å². The van der Waals surface area contributed by atoms with Gasteiger partial charge in [-0.25, -0.2) is 4.98 Å². The molecule has 0 atom stereocenters. The first-order valence-electron chi connectivity index (χ1n) is 11.4. The summed E-state index contributed by atoms with van der Waals surface area (Å²) >= 11 is 14.3. The molecule has 0 aliphatic carbocycles. The molecule has 0 radical (unpaired) electrons. The summed E-state index contributed by atoms with van der Waals surface area (Å²) < 4.78 is 11.8. The molecule has 1 fully saturated rings. The Balaban J connectivity index is 1.50. The fraction of sp³-hybridized carbons (Fsp3) is 0.320. The first kappa shape index (κ1) is 24.2.